The highest BCUT2D eigenvalue weighted by atomic mass is 16.3. The molecule has 0 saturated heterocycles. The molecular weight excluding hydrogens is 114 g/mol. The van der Waals surface area contributed by atoms with E-state index in [1.54, 1.807) is 0 Å². The van der Waals surface area contributed by atoms with E-state index in [9.17, 15) is 5.11 Å². The summed E-state index contributed by atoms with van der Waals surface area (Å²) >= 11 is 0. The molecule has 0 aromatic heterocycles. The fourth-order valence-electron chi connectivity index (χ4n) is 1.28. The average Bonchev–Trinajstić information content (AvgIpc) is 2.15. The van der Waals surface area contributed by atoms with Crippen LogP contribution >= 0.6 is 0 Å². The monoisotopic (exact) mass is 125 g/mol. The third-order valence-electron chi connectivity index (χ3n) is 2.16. The molecule has 0 amide bonds. The van der Waals surface area contributed by atoms with E-state index in [1.807, 2.05) is 6.92 Å². The lowest BCUT2D eigenvalue weighted by Crippen LogP contribution is -2.23. The van der Waals surface area contributed by atoms with Gasteiger partial charge in [0.05, 0.1) is 17.6 Å². The maximum absolute atomic E-state index is 9.23. The SMILES string of the molecule is C[C@@]1(C#N)CCC[C@@H]1O. The number of rotatable bonds is 0. The molecule has 0 radical (unpaired) electrons. The smallest absolute Gasteiger partial charge is 0.0804 e. The largest absolute Gasteiger partial charge is 0.391 e. The van der Waals surface area contributed by atoms with Crippen molar-refractivity contribution in [2.24, 2.45) is 5.41 Å². The van der Waals surface area contributed by atoms with Gasteiger partial charge < -0.3 is 5.11 Å². The van der Waals surface area contributed by atoms with Gasteiger partial charge in [-0.15, -0.1) is 0 Å². The Labute approximate surface area is 55.1 Å². The lowest BCUT2D eigenvalue weighted by Gasteiger charge is -2.17. The highest BCUT2D eigenvalue weighted by molar-refractivity contribution is 5.03. The Morgan fingerprint density at radius 3 is 2.67 bits per heavy atom. The topological polar surface area (TPSA) is 44.0 Å². The van der Waals surface area contributed by atoms with Crippen LogP contribution in [0.5, 0.6) is 0 Å². The number of hydrogen-bond acceptors (Lipinski definition) is 2. The summed E-state index contributed by atoms with van der Waals surface area (Å²) in [7, 11) is 0. The van der Waals surface area contributed by atoms with Crippen LogP contribution in [0.2, 0.25) is 0 Å². The van der Waals surface area contributed by atoms with Gasteiger partial charge in [-0.1, -0.05) is 0 Å². The first-order valence-corrected chi connectivity index (χ1v) is 3.28. The summed E-state index contributed by atoms with van der Waals surface area (Å²) in [5.41, 5.74) is -0.444. The Hall–Kier alpha value is -0.550. The van der Waals surface area contributed by atoms with E-state index in [0.717, 1.165) is 19.3 Å². The molecule has 2 nitrogen and oxygen atoms in total. The standard InChI is InChI=1S/C7H11NO/c1-7(5-8)4-2-3-6(7)9/h6,9H,2-4H2,1H3/t6-,7-/m0/s1. The van der Waals surface area contributed by atoms with Gasteiger partial charge in [0, 0.05) is 0 Å². The highest BCUT2D eigenvalue weighted by Crippen LogP contribution is 2.36. The van der Waals surface area contributed by atoms with E-state index in [-0.39, 0.29) is 6.10 Å². The normalized spacial score (nSPS) is 42.6. The van der Waals surface area contributed by atoms with Crippen molar-refractivity contribution in [2.45, 2.75) is 32.3 Å². The summed E-state index contributed by atoms with van der Waals surface area (Å²) in [6.45, 7) is 1.82. The molecule has 0 bridgehead atoms. The van der Waals surface area contributed by atoms with Crippen LogP contribution in [0.15, 0.2) is 0 Å². The Bertz CT molecular complexity index is 149. The number of nitrogens with zero attached hydrogens (tertiary/aromatic N) is 1. The van der Waals surface area contributed by atoms with Crippen LogP contribution in [0.25, 0.3) is 0 Å². The maximum Gasteiger partial charge on any atom is 0.0804 e. The van der Waals surface area contributed by atoms with Gasteiger partial charge in [-0.2, -0.15) is 5.26 Å². The van der Waals surface area contributed by atoms with Crippen molar-refractivity contribution in [2.75, 3.05) is 0 Å². The van der Waals surface area contributed by atoms with Crippen molar-refractivity contribution in [3.63, 3.8) is 0 Å². The van der Waals surface area contributed by atoms with Crippen LogP contribution in [0.4, 0.5) is 0 Å². The van der Waals surface area contributed by atoms with Gasteiger partial charge in [0.15, 0.2) is 0 Å². The Kier molecular flexibility index (Phi) is 1.46. The molecular formula is C7H11NO. The lowest BCUT2D eigenvalue weighted by molar-refractivity contribution is 0.103. The zero-order chi connectivity index (χ0) is 6.91. The molecule has 1 N–H and O–H groups in total. The molecule has 1 saturated carbocycles. The highest BCUT2D eigenvalue weighted by Gasteiger charge is 2.37. The maximum atomic E-state index is 9.23. The van der Waals surface area contributed by atoms with E-state index in [4.69, 9.17) is 5.26 Å². The molecule has 0 unspecified atom stereocenters. The quantitative estimate of drug-likeness (QED) is 0.526. The minimum absolute atomic E-state index is 0.387. The molecule has 50 valence electrons. The molecule has 2 heteroatoms. The summed E-state index contributed by atoms with van der Waals surface area (Å²) in [5, 5.41) is 17.8. The summed E-state index contributed by atoms with van der Waals surface area (Å²) < 4.78 is 0. The van der Waals surface area contributed by atoms with Crippen molar-refractivity contribution in [1.29, 1.82) is 5.26 Å². The summed E-state index contributed by atoms with van der Waals surface area (Å²) in [6.07, 6.45) is 2.25. The van der Waals surface area contributed by atoms with Gasteiger partial charge in [0.2, 0.25) is 0 Å². The van der Waals surface area contributed by atoms with Crippen LogP contribution in [0.3, 0.4) is 0 Å². The van der Waals surface area contributed by atoms with Crippen LogP contribution in [-0.2, 0) is 0 Å². The number of hydrogen-bond donors (Lipinski definition) is 1. The fraction of sp³-hybridized carbons (Fsp3) is 0.857. The summed E-state index contributed by atoms with van der Waals surface area (Å²) in [4.78, 5) is 0. The van der Waals surface area contributed by atoms with E-state index in [2.05, 4.69) is 6.07 Å². The predicted octanol–water partition coefficient (Wildman–Crippen LogP) is 1.06. The molecule has 9 heavy (non-hydrogen) atoms. The zero-order valence-corrected chi connectivity index (χ0v) is 5.59. The Morgan fingerprint density at radius 2 is 2.44 bits per heavy atom. The van der Waals surface area contributed by atoms with Gasteiger partial charge in [-0.25, -0.2) is 0 Å². The van der Waals surface area contributed by atoms with Gasteiger partial charge in [-0.3, -0.25) is 0 Å². The van der Waals surface area contributed by atoms with E-state index < -0.39 is 5.41 Å². The minimum Gasteiger partial charge on any atom is -0.391 e. The summed E-state index contributed by atoms with van der Waals surface area (Å²) in [6, 6.07) is 2.14. The Balaban J connectivity index is 2.70. The third-order valence-corrected chi connectivity index (χ3v) is 2.16. The van der Waals surface area contributed by atoms with Gasteiger partial charge in [-0.05, 0) is 26.2 Å². The molecule has 1 fully saturated rings. The second-order valence-corrected chi connectivity index (χ2v) is 2.94. The fourth-order valence-corrected chi connectivity index (χ4v) is 1.28. The van der Waals surface area contributed by atoms with Gasteiger partial charge in [0.1, 0.15) is 0 Å². The van der Waals surface area contributed by atoms with Crippen molar-refractivity contribution in [3.8, 4) is 6.07 Å². The molecule has 2 atom stereocenters. The number of aliphatic hydroxyl groups is 1. The lowest BCUT2D eigenvalue weighted by atomic mass is 9.89. The van der Waals surface area contributed by atoms with Crippen LogP contribution in [-0.4, -0.2) is 11.2 Å². The van der Waals surface area contributed by atoms with E-state index >= 15 is 0 Å². The third kappa shape index (κ3) is 0.927. The first-order valence-electron chi connectivity index (χ1n) is 3.28. The molecule has 1 aliphatic rings. The molecule has 0 heterocycles. The number of nitriles is 1. The van der Waals surface area contributed by atoms with Crippen molar-refractivity contribution < 1.29 is 5.11 Å². The molecule has 0 spiro atoms. The molecule has 0 aromatic carbocycles. The van der Waals surface area contributed by atoms with Gasteiger partial charge >= 0.3 is 0 Å². The second-order valence-electron chi connectivity index (χ2n) is 2.94. The molecule has 1 aliphatic carbocycles. The van der Waals surface area contributed by atoms with E-state index in [0.29, 0.717) is 0 Å². The van der Waals surface area contributed by atoms with Crippen LogP contribution in [0.1, 0.15) is 26.2 Å². The molecule has 0 aliphatic heterocycles. The van der Waals surface area contributed by atoms with Crippen molar-refractivity contribution in [1.82, 2.24) is 0 Å². The van der Waals surface area contributed by atoms with Crippen LogP contribution < -0.4 is 0 Å². The first-order chi connectivity index (χ1) is 4.19. The minimum atomic E-state index is -0.444. The van der Waals surface area contributed by atoms with Gasteiger partial charge in [0.25, 0.3) is 0 Å². The van der Waals surface area contributed by atoms with E-state index in [1.165, 1.54) is 0 Å². The van der Waals surface area contributed by atoms with Crippen molar-refractivity contribution >= 4 is 0 Å². The number of aliphatic hydroxyl groups excluding tert-OH is 1. The average molecular weight is 125 g/mol. The second kappa shape index (κ2) is 2.00. The predicted molar refractivity (Wildman–Crippen MR) is 33.6 cm³/mol. The first kappa shape index (κ1) is 6.57. The molecule has 0 aromatic rings. The van der Waals surface area contributed by atoms with Crippen LogP contribution in [0, 0.1) is 16.7 Å². The Morgan fingerprint density at radius 1 is 1.78 bits per heavy atom. The molecule has 1 rings (SSSR count). The zero-order valence-electron chi connectivity index (χ0n) is 5.59. The summed E-state index contributed by atoms with van der Waals surface area (Å²) in [5.74, 6) is 0. The van der Waals surface area contributed by atoms with Crippen molar-refractivity contribution in [3.05, 3.63) is 0 Å².